The zero-order valence-electron chi connectivity index (χ0n) is 11.4. The first-order chi connectivity index (χ1) is 8.26. The van der Waals surface area contributed by atoms with Crippen molar-refractivity contribution in [3.8, 4) is 0 Å². The molecule has 2 heteroatoms. The molecule has 2 unspecified atom stereocenters. The SMILES string of the molecule is CNCCC1(OCC2CC=CCC2C)CCC1. The summed E-state index contributed by atoms with van der Waals surface area (Å²) in [5.41, 5.74) is 0.226. The Kier molecular flexibility index (Phi) is 4.63. The van der Waals surface area contributed by atoms with Crippen LogP contribution in [-0.2, 0) is 4.74 Å². The second-order valence-electron chi connectivity index (χ2n) is 5.88. The summed E-state index contributed by atoms with van der Waals surface area (Å²) < 4.78 is 6.30. The first kappa shape index (κ1) is 13.1. The molecule has 1 N–H and O–H groups in total. The van der Waals surface area contributed by atoms with Crippen molar-refractivity contribution in [2.75, 3.05) is 20.2 Å². The highest BCUT2D eigenvalue weighted by atomic mass is 16.5. The van der Waals surface area contributed by atoms with E-state index in [0.29, 0.717) is 0 Å². The van der Waals surface area contributed by atoms with Gasteiger partial charge in [-0.25, -0.2) is 0 Å². The van der Waals surface area contributed by atoms with Crippen molar-refractivity contribution in [1.29, 1.82) is 0 Å². The van der Waals surface area contributed by atoms with Crippen LogP contribution in [0.4, 0.5) is 0 Å². The van der Waals surface area contributed by atoms with E-state index in [0.717, 1.165) is 25.0 Å². The fraction of sp³-hybridized carbons (Fsp3) is 0.867. The molecule has 1 saturated carbocycles. The molecule has 2 aliphatic carbocycles. The second-order valence-corrected chi connectivity index (χ2v) is 5.88. The van der Waals surface area contributed by atoms with Gasteiger partial charge in [-0.1, -0.05) is 19.1 Å². The van der Waals surface area contributed by atoms with Crippen LogP contribution in [0.3, 0.4) is 0 Å². The summed E-state index contributed by atoms with van der Waals surface area (Å²) in [6.07, 6.45) is 12.2. The van der Waals surface area contributed by atoms with Crippen LogP contribution in [0.5, 0.6) is 0 Å². The number of nitrogens with one attached hydrogen (secondary N) is 1. The smallest absolute Gasteiger partial charge is 0.0694 e. The molecule has 0 amide bonds. The van der Waals surface area contributed by atoms with E-state index in [1.807, 2.05) is 7.05 Å². The van der Waals surface area contributed by atoms with Gasteiger partial charge >= 0.3 is 0 Å². The summed E-state index contributed by atoms with van der Waals surface area (Å²) in [5, 5.41) is 3.25. The molecular weight excluding hydrogens is 210 g/mol. The van der Waals surface area contributed by atoms with Crippen LogP contribution in [0.25, 0.3) is 0 Å². The van der Waals surface area contributed by atoms with Crippen molar-refractivity contribution in [1.82, 2.24) is 5.32 Å². The first-order valence-corrected chi connectivity index (χ1v) is 7.19. The Morgan fingerprint density at radius 1 is 1.29 bits per heavy atom. The fourth-order valence-corrected chi connectivity index (χ4v) is 2.91. The quantitative estimate of drug-likeness (QED) is 0.717. The lowest BCUT2D eigenvalue weighted by Gasteiger charge is -2.43. The zero-order valence-corrected chi connectivity index (χ0v) is 11.4. The summed E-state index contributed by atoms with van der Waals surface area (Å²) in [4.78, 5) is 0. The van der Waals surface area contributed by atoms with Crippen LogP contribution in [0.2, 0.25) is 0 Å². The van der Waals surface area contributed by atoms with E-state index in [-0.39, 0.29) is 5.60 Å². The lowest BCUT2D eigenvalue weighted by molar-refractivity contribution is -0.119. The predicted molar refractivity (Wildman–Crippen MR) is 72.1 cm³/mol. The molecule has 0 heterocycles. The average Bonchev–Trinajstić information content (AvgIpc) is 2.29. The van der Waals surface area contributed by atoms with Gasteiger partial charge < -0.3 is 10.1 Å². The molecule has 0 saturated heterocycles. The molecule has 0 aromatic rings. The van der Waals surface area contributed by atoms with E-state index in [1.165, 1.54) is 38.5 Å². The van der Waals surface area contributed by atoms with Gasteiger partial charge in [0.25, 0.3) is 0 Å². The standard InChI is InChI=1S/C15H27NO/c1-13-6-3-4-7-14(13)12-17-15(8-5-9-15)10-11-16-2/h3-4,13-14,16H,5-12H2,1-2H3. The highest BCUT2D eigenvalue weighted by Crippen LogP contribution is 2.39. The van der Waals surface area contributed by atoms with Crippen molar-refractivity contribution in [3.05, 3.63) is 12.2 Å². The Morgan fingerprint density at radius 2 is 2.06 bits per heavy atom. The third kappa shape index (κ3) is 3.32. The molecule has 0 aromatic carbocycles. The van der Waals surface area contributed by atoms with Crippen molar-refractivity contribution in [3.63, 3.8) is 0 Å². The minimum absolute atomic E-state index is 0.226. The third-order valence-corrected chi connectivity index (χ3v) is 4.62. The van der Waals surface area contributed by atoms with E-state index in [4.69, 9.17) is 4.74 Å². The Labute approximate surface area is 106 Å². The maximum absolute atomic E-state index is 6.30. The number of rotatable bonds is 6. The maximum atomic E-state index is 6.30. The van der Waals surface area contributed by atoms with Gasteiger partial charge in [0.2, 0.25) is 0 Å². The van der Waals surface area contributed by atoms with E-state index in [9.17, 15) is 0 Å². The van der Waals surface area contributed by atoms with Gasteiger partial charge in [0.15, 0.2) is 0 Å². The van der Waals surface area contributed by atoms with E-state index in [2.05, 4.69) is 24.4 Å². The number of ether oxygens (including phenoxy) is 1. The lowest BCUT2D eigenvalue weighted by Crippen LogP contribution is -2.43. The minimum Gasteiger partial charge on any atom is -0.375 e. The van der Waals surface area contributed by atoms with Crippen LogP contribution < -0.4 is 5.32 Å². The molecule has 2 nitrogen and oxygen atoms in total. The van der Waals surface area contributed by atoms with Gasteiger partial charge in [0.1, 0.15) is 0 Å². The Balaban J connectivity index is 1.77. The van der Waals surface area contributed by atoms with E-state index < -0.39 is 0 Å². The molecule has 0 aliphatic heterocycles. The Morgan fingerprint density at radius 3 is 2.65 bits per heavy atom. The maximum Gasteiger partial charge on any atom is 0.0694 e. The Bertz CT molecular complexity index is 258. The van der Waals surface area contributed by atoms with Crippen molar-refractivity contribution in [2.45, 2.75) is 51.0 Å². The summed E-state index contributed by atoms with van der Waals surface area (Å²) in [5.74, 6) is 1.54. The van der Waals surface area contributed by atoms with E-state index >= 15 is 0 Å². The first-order valence-electron chi connectivity index (χ1n) is 7.19. The molecule has 98 valence electrons. The molecule has 0 aromatic heterocycles. The molecule has 0 spiro atoms. The average molecular weight is 237 g/mol. The number of hydrogen-bond acceptors (Lipinski definition) is 2. The molecule has 2 aliphatic rings. The van der Waals surface area contributed by atoms with Gasteiger partial charge in [0.05, 0.1) is 12.2 Å². The summed E-state index contributed by atoms with van der Waals surface area (Å²) in [6, 6.07) is 0. The predicted octanol–water partition coefficient (Wildman–Crippen LogP) is 3.14. The van der Waals surface area contributed by atoms with Crippen molar-refractivity contribution in [2.24, 2.45) is 11.8 Å². The van der Waals surface area contributed by atoms with Crippen LogP contribution in [0.15, 0.2) is 12.2 Å². The van der Waals surface area contributed by atoms with Gasteiger partial charge in [-0.15, -0.1) is 0 Å². The second kappa shape index (κ2) is 6.01. The van der Waals surface area contributed by atoms with Crippen molar-refractivity contribution >= 4 is 0 Å². The van der Waals surface area contributed by atoms with Gasteiger partial charge in [-0.05, 0) is 64.0 Å². The van der Waals surface area contributed by atoms with Crippen molar-refractivity contribution < 1.29 is 4.74 Å². The molecule has 0 radical (unpaired) electrons. The lowest BCUT2D eigenvalue weighted by atomic mass is 9.77. The molecule has 2 atom stereocenters. The third-order valence-electron chi connectivity index (χ3n) is 4.62. The van der Waals surface area contributed by atoms with Crippen LogP contribution in [0, 0.1) is 11.8 Å². The summed E-state index contributed by atoms with van der Waals surface area (Å²) >= 11 is 0. The van der Waals surface area contributed by atoms with Gasteiger partial charge in [-0.3, -0.25) is 0 Å². The van der Waals surface area contributed by atoms with Gasteiger partial charge in [-0.2, -0.15) is 0 Å². The minimum atomic E-state index is 0.226. The van der Waals surface area contributed by atoms with Gasteiger partial charge in [0, 0.05) is 0 Å². The van der Waals surface area contributed by atoms with Crippen LogP contribution in [-0.4, -0.2) is 25.8 Å². The highest BCUT2D eigenvalue weighted by molar-refractivity contribution is 4.95. The summed E-state index contributed by atoms with van der Waals surface area (Å²) in [7, 11) is 2.03. The molecular formula is C15H27NO. The monoisotopic (exact) mass is 237 g/mol. The Hall–Kier alpha value is -0.340. The normalized spacial score (nSPS) is 31.2. The van der Waals surface area contributed by atoms with E-state index in [1.54, 1.807) is 0 Å². The molecule has 1 fully saturated rings. The summed E-state index contributed by atoms with van der Waals surface area (Å²) in [6.45, 7) is 4.41. The topological polar surface area (TPSA) is 21.3 Å². The van der Waals surface area contributed by atoms with Crippen LogP contribution in [0.1, 0.15) is 45.4 Å². The largest absolute Gasteiger partial charge is 0.375 e. The molecule has 2 rings (SSSR count). The highest BCUT2D eigenvalue weighted by Gasteiger charge is 2.38. The zero-order chi connectivity index (χ0) is 12.1. The molecule has 0 bridgehead atoms. The fourth-order valence-electron chi connectivity index (χ4n) is 2.91. The molecule has 17 heavy (non-hydrogen) atoms. The number of hydrogen-bond donors (Lipinski definition) is 1. The number of allylic oxidation sites excluding steroid dienone is 2. The van der Waals surface area contributed by atoms with Crippen LogP contribution >= 0.6 is 0 Å².